The molecule has 0 bridgehead atoms. The minimum Gasteiger partial charge on any atom is -0.0842 e. The SMILES string of the molecule is CC(C)c1cc(C(C)C)c(-c2ccccc2)c(C(C)C)c1PC(C)(C)C. The van der Waals surface area contributed by atoms with Crippen molar-refractivity contribution < 1.29 is 0 Å². The van der Waals surface area contributed by atoms with Gasteiger partial charge in [0.25, 0.3) is 0 Å². The lowest BCUT2D eigenvalue weighted by Gasteiger charge is -2.31. The second-order valence-electron chi connectivity index (χ2n) is 9.42. The highest BCUT2D eigenvalue weighted by atomic mass is 31.1. The van der Waals surface area contributed by atoms with Crippen LogP contribution in [0.2, 0.25) is 0 Å². The summed E-state index contributed by atoms with van der Waals surface area (Å²) < 4.78 is 0. The molecule has 0 aliphatic rings. The van der Waals surface area contributed by atoms with Crippen molar-refractivity contribution in [1.82, 2.24) is 0 Å². The van der Waals surface area contributed by atoms with Gasteiger partial charge in [0.2, 0.25) is 0 Å². The maximum Gasteiger partial charge on any atom is -0.0108 e. The molecule has 0 spiro atoms. The van der Waals surface area contributed by atoms with E-state index < -0.39 is 0 Å². The molecule has 0 amide bonds. The van der Waals surface area contributed by atoms with Gasteiger partial charge in [0.1, 0.15) is 0 Å². The number of rotatable bonds is 5. The number of benzene rings is 2. The predicted octanol–water partition coefficient (Wildman–Crippen LogP) is 7.83. The van der Waals surface area contributed by atoms with Crippen molar-refractivity contribution in [2.75, 3.05) is 0 Å². The van der Waals surface area contributed by atoms with E-state index in [4.69, 9.17) is 0 Å². The molecule has 0 radical (unpaired) electrons. The van der Waals surface area contributed by atoms with Gasteiger partial charge in [0.15, 0.2) is 0 Å². The van der Waals surface area contributed by atoms with Crippen LogP contribution in [0.4, 0.5) is 0 Å². The maximum atomic E-state index is 2.53. The summed E-state index contributed by atoms with van der Waals surface area (Å²) in [7, 11) is 0.828. The van der Waals surface area contributed by atoms with Crippen LogP contribution in [0.25, 0.3) is 11.1 Å². The van der Waals surface area contributed by atoms with Crippen LogP contribution < -0.4 is 5.30 Å². The van der Waals surface area contributed by atoms with Crippen LogP contribution in [0.5, 0.6) is 0 Å². The highest BCUT2D eigenvalue weighted by Crippen LogP contribution is 2.43. The fourth-order valence-corrected chi connectivity index (χ4v) is 5.48. The summed E-state index contributed by atoms with van der Waals surface area (Å²) >= 11 is 0. The predicted molar refractivity (Wildman–Crippen MR) is 122 cm³/mol. The standard InChI is InChI=1S/C25H37P/c1-16(2)20-15-21(17(3)4)24(26-25(7,8)9)22(18(5)6)23(20)19-13-11-10-12-14-19/h10-18,26H,1-9H3. The Balaban J connectivity index is 2.94. The molecule has 2 aromatic carbocycles. The normalized spacial score (nSPS) is 12.9. The van der Waals surface area contributed by atoms with Crippen molar-refractivity contribution in [2.24, 2.45) is 0 Å². The van der Waals surface area contributed by atoms with Crippen molar-refractivity contribution in [3.63, 3.8) is 0 Å². The maximum absolute atomic E-state index is 2.53. The summed E-state index contributed by atoms with van der Waals surface area (Å²) in [4.78, 5) is 0. The van der Waals surface area contributed by atoms with E-state index in [-0.39, 0.29) is 0 Å². The fraction of sp³-hybridized carbons (Fsp3) is 0.520. The van der Waals surface area contributed by atoms with Gasteiger partial charge in [-0.2, -0.15) is 0 Å². The van der Waals surface area contributed by atoms with Gasteiger partial charge in [-0.25, -0.2) is 0 Å². The molecule has 0 fully saturated rings. The Morgan fingerprint density at radius 3 is 1.69 bits per heavy atom. The molecule has 26 heavy (non-hydrogen) atoms. The van der Waals surface area contributed by atoms with Gasteiger partial charge in [0, 0.05) is 0 Å². The van der Waals surface area contributed by atoms with Crippen molar-refractivity contribution >= 4 is 13.9 Å². The lowest BCUT2D eigenvalue weighted by Crippen LogP contribution is -2.22. The summed E-state index contributed by atoms with van der Waals surface area (Å²) in [6, 6.07) is 13.6. The van der Waals surface area contributed by atoms with E-state index in [0.717, 1.165) is 8.58 Å². The van der Waals surface area contributed by atoms with Gasteiger partial charge in [-0.1, -0.05) is 107 Å². The van der Waals surface area contributed by atoms with Gasteiger partial charge in [-0.15, -0.1) is 0 Å². The minimum absolute atomic E-state index is 0.306. The Labute approximate surface area is 163 Å². The van der Waals surface area contributed by atoms with Crippen LogP contribution in [0.1, 0.15) is 96.8 Å². The minimum atomic E-state index is 0.306. The second kappa shape index (κ2) is 8.26. The van der Waals surface area contributed by atoms with E-state index in [1.807, 2.05) is 0 Å². The Bertz CT molecular complexity index is 731. The van der Waals surface area contributed by atoms with Gasteiger partial charge < -0.3 is 0 Å². The molecule has 0 saturated heterocycles. The van der Waals surface area contributed by atoms with Crippen LogP contribution >= 0.6 is 8.58 Å². The smallest absolute Gasteiger partial charge is 0.0108 e. The molecular formula is C25H37P. The lowest BCUT2D eigenvalue weighted by molar-refractivity contribution is 0.792. The molecular weight excluding hydrogens is 331 g/mol. The van der Waals surface area contributed by atoms with Crippen LogP contribution in [0.3, 0.4) is 0 Å². The highest BCUT2D eigenvalue weighted by molar-refractivity contribution is 7.49. The summed E-state index contributed by atoms with van der Waals surface area (Å²) in [5.74, 6) is 1.60. The molecule has 2 rings (SSSR count). The molecule has 1 atom stereocenters. The van der Waals surface area contributed by atoms with E-state index in [2.05, 4.69) is 98.7 Å². The van der Waals surface area contributed by atoms with Crippen LogP contribution in [-0.2, 0) is 0 Å². The average molecular weight is 369 g/mol. The zero-order chi connectivity index (χ0) is 19.6. The first-order chi connectivity index (χ1) is 12.0. The molecule has 0 nitrogen and oxygen atoms in total. The van der Waals surface area contributed by atoms with Crippen LogP contribution in [0, 0.1) is 0 Å². The fourth-order valence-electron chi connectivity index (χ4n) is 3.68. The van der Waals surface area contributed by atoms with E-state index in [1.54, 1.807) is 16.4 Å². The summed E-state index contributed by atoms with van der Waals surface area (Å²) in [6.07, 6.45) is 0. The van der Waals surface area contributed by atoms with Gasteiger partial charge in [-0.3, -0.25) is 0 Å². The molecule has 0 aromatic heterocycles. The van der Waals surface area contributed by atoms with E-state index >= 15 is 0 Å². The Hall–Kier alpha value is -1.13. The Morgan fingerprint density at radius 2 is 1.27 bits per heavy atom. The summed E-state index contributed by atoms with van der Waals surface area (Å²) in [5.41, 5.74) is 7.51. The molecule has 0 N–H and O–H groups in total. The van der Waals surface area contributed by atoms with Crippen molar-refractivity contribution in [2.45, 2.75) is 85.2 Å². The molecule has 2 aromatic rings. The molecule has 0 aliphatic carbocycles. The largest absolute Gasteiger partial charge is 0.0842 e. The van der Waals surface area contributed by atoms with Gasteiger partial charge in [-0.05, 0) is 56.0 Å². The third-order valence-electron chi connectivity index (χ3n) is 4.81. The second-order valence-corrected chi connectivity index (χ2v) is 11.7. The van der Waals surface area contributed by atoms with E-state index in [0.29, 0.717) is 22.9 Å². The Kier molecular flexibility index (Phi) is 6.73. The lowest BCUT2D eigenvalue weighted by atomic mass is 9.81. The zero-order valence-electron chi connectivity index (χ0n) is 18.2. The quantitative estimate of drug-likeness (QED) is 0.472. The summed E-state index contributed by atoms with van der Waals surface area (Å²) in [6.45, 7) is 21.2. The first-order valence-corrected chi connectivity index (χ1v) is 11.1. The van der Waals surface area contributed by atoms with Crippen molar-refractivity contribution in [3.05, 3.63) is 53.1 Å². The monoisotopic (exact) mass is 368 g/mol. The van der Waals surface area contributed by atoms with Crippen molar-refractivity contribution in [3.8, 4) is 11.1 Å². The van der Waals surface area contributed by atoms with Gasteiger partial charge >= 0.3 is 0 Å². The molecule has 0 aliphatic heterocycles. The first-order valence-electron chi connectivity index (χ1n) is 10.1. The Morgan fingerprint density at radius 1 is 0.731 bits per heavy atom. The molecule has 0 heterocycles. The topological polar surface area (TPSA) is 0 Å². The molecule has 142 valence electrons. The molecule has 1 heteroatoms. The molecule has 0 saturated carbocycles. The van der Waals surface area contributed by atoms with Crippen LogP contribution in [-0.4, -0.2) is 5.16 Å². The highest BCUT2D eigenvalue weighted by Gasteiger charge is 2.26. The zero-order valence-corrected chi connectivity index (χ0v) is 19.2. The number of hydrogen-bond donors (Lipinski definition) is 0. The van der Waals surface area contributed by atoms with Crippen LogP contribution in [0.15, 0.2) is 36.4 Å². The third kappa shape index (κ3) is 4.77. The third-order valence-corrected chi connectivity index (χ3v) is 6.37. The number of hydrogen-bond acceptors (Lipinski definition) is 0. The van der Waals surface area contributed by atoms with Gasteiger partial charge in [0.05, 0.1) is 0 Å². The first kappa shape index (κ1) is 21.2. The van der Waals surface area contributed by atoms with E-state index in [1.165, 1.54) is 16.7 Å². The van der Waals surface area contributed by atoms with E-state index in [9.17, 15) is 0 Å². The average Bonchev–Trinajstić information content (AvgIpc) is 2.52. The molecule has 1 unspecified atom stereocenters. The summed E-state index contributed by atoms with van der Waals surface area (Å²) in [5, 5.41) is 1.92. The van der Waals surface area contributed by atoms with Crippen molar-refractivity contribution in [1.29, 1.82) is 0 Å².